The van der Waals surface area contributed by atoms with Crippen LogP contribution in [0.2, 0.25) is 15.1 Å². The number of carbonyl (C=O) groups excluding carboxylic acids is 2. The summed E-state index contributed by atoms with van der Waals surface area (Å²) in [4.78, 5) is 37.9. The first kappa shape index (κ1) is 23.1. The molecule has 1 unspecified atom stereocenters. The summed E-state index contributed by atoms with van der Waals surface area (Å²) in [7, 11) is 0. The zero-order chi connectivity index (χ0) is 22.7. The highest BCUT2D eigenvalue weighted by atomic mass is 35.5. The lowest BCUT2D eigenvalue weighted by Gasteiger charge is -2.15. The number of aryl methyl sites for hydroxylation is 1. The Balaban J connectivity index is 1.85. The van der Waals surface area contributed by atoms with Crippen molar-refractivity contribution in [1.82, 2.24) is 9.78 Å². The number of amides is 1. The fourth-order valence-electron chi connectivity index (χ4n) is 2.87. The lowest BCUT2D eigenvalue weighted by molar-refractivity contribution is -0.123. The van der Waals surface area contributed by atoms with Gasteiger partial charge in [-0.05, 0) is 31.5 Å². The SMILES string of the molecule is CCCn1nc(C(=O)OC(C)C(=O)Nc2cc(Cl)c(Cl)cc2Cl)c2ccccc2c1=O. The normalized spacial score (nSPS) is 11.9. The second-order valence-electron chi connectivity index (χ2n) is 6.71. The smallest absolute Gasteiger partial charge is 0.360 e. The molecule has 0 saturated heterocycles. The highest BCUT2D eigenvalue weighted by molar-refractivity contribution is 6.44. The van der Waals surface area contributed by atoms with Crippen LogP contribution in [0.3, 0.4) is 0 Å². The molecule has 162 valence electrons. The Morgan fingerprint density at radius 2 is 1.74 bits per heavy atom. The molecule has 0 spiro atoms. The lowest BCUT2D eigenvalue weighted by atomic mass is 10.1. The second-order valence-corrected chi connectivity index (χ2v) is 7.93. The summed E-state index contributed by atoms with van der Waals surface area (Å²) in [5.74, 6) is -1.45. The van der Waals surface area contributed by atoms with Gasteiger partial charge in [0.05, 0.1) is 26.1 Å². The molecule has 0 radical (unpaired) electrons. The number of aromatic nitrogens is 2. The van der Waals surface area contributed by atoms with Gasteiger partial charge in [-0.3, -0.25) is 9.59 Å². The Labute approximate surface area is 192 Å². The number of esters is 1. The average molecular weight is 483 g/mol. The molecule has 1 heterocycles. The average Bonchev–Trinajstić information content (AvgIpc) is 2.74. The van der Waals surface area contributed by atoms with Crippen molar-refractivity contribution in [2.75, 3.05) is 5.32 Å². The number of rotatable bonds is 6. The molecular formula is C21H18Cl3N3O4. The summed E-state index contributed by atoms with van der Waals surface area (Å²) < 4.78 is 6.54. The minimum absolute atomic E-state index is 0.0455. The molecular weight excluding hydrogens is 465 g/mol. The minimum Gasteiger partial charge on any atom is -0.448 e. The number of nitrogens with one attached hydrogen (secondary N) is 1. The molecule has 0 aliphatic carbocycles. The van der Waals surface area contributed by atoms with Crippen molar-refractivity contribution in [3.63, 3.8) is 0 Å². The van der Waals surface area contributed by atoms with Crippen LogP contribution >= 0.6 is 34.8 Å². The van der Waals surface area contributed by atoms with Crippen molar-refractivity contribution in [2.24, 2.45) is 0 Å². The van der Waals surface area contributed by atoms with Gasteiger partial charge in [-0.2, -0.15) is 5.10 Å². The molecule has 3 aromatic rings. The fourth-order valence-corrected chi connectivity index (χ4v) is 3.47. The summed E-state index contributed by atoms with van der Waals surface area (Å²) in [6, 6.07) is 9.40. The van der Waals surface area contributed by atoms with Crippen molar-refractivity contribution in [3.05, 3.63) is 67.5 Å². The van der Waals surface area contributed by atoms with Gasteiger partial charge < -0.3 is 10.1 Å². The van der Waals surface area contributed by atoms with Gasteiger partial charge in [-0.25, -0.2) is 9.48 Å². The maximum atomic E-state index is 12.8. The number of fused-ring (bicyclic) bond motifs is 1. The summed E-state index contributed by atoms with van der Waals surface area (Å²) >= 11 is 17.9. The van der Waals surface area contributed by atoms with Crippen LogP contribution in [0.5, 0.6) is 0 Å². The quantitative estimate of drug-likeness (QED) is 0.396. The van der Waals surface area contributed by atoms with Gasteiger partial charge in [0, 0.05) is 11.9 Å². The summed E-state index contributed by atoms with van der Waals surface area (Å²) in [6.45, 7) is 3.64. The van der Waals surface area contributed by atoms with E-state index in [1.54, 1.807) is 24.3 Å². The largest absolute Gasteiger partial charge is 0.448 e. The molecule has 1 N–H and O–H groups in total. The Morgan fingerprint density at radius 1 is 1.10 bits per heavy atom. The topological polar surface area (TPSA) is 90.3 Å². The van der Waals surface area contributed by atoms with Gasteiger partial charge >= 0.3 is 5.97 Å². The Morgan fingerprint density at radius 3 is 2.42 bits per heavy atom. The van der Waals surface area contributed by atoms with E-state index in [9.17, 15) is 14.4 Å². The van der Waals surface area contributed by atoms with Crippen LogP contribution in [0, 0.1) is 0 Å². The van der Waals surface area contributed by atoms with Crippen molar-refractivity contribution >= 4 is 63.1 Å². The minimum atomic E-state index is -1.18. The maximum Gasteiger partial charge on any atom is 0.360 e. The predicted octanol–water partition coefficient (Wildman–Crippen LogP) is 4.95. The lowest BCUT2D eigenvalue weighted by Crippen LogP contribution is -2.32. The molecule has 1 atom stereocenters. The highest BCUT2D eigenvalue weighted by Crippen LogP contribution is 2.32. The van der Waals surface area contributed by atoms with Crippen LogP contribution in [-0.2, 0) is 16.1 Å². The molecule has 0 aliphatic rings. The maximum absolute atomic E-state index is 12.8. The number of halogens is 3. The third-order valence-corrected chi connectivity index (χ3v) is 5.45. The first-order chi connectivity index (χ1) is 14.7. The van der Waals surface area contributed by atoms with Crippen LogP contribution in [0.15, 0.2) is 41.2 Å². The van der Waals surface area contributed by atoms with E-state index in [1.165, 1.54) is 23.7 Å². The third kappa shape index (κ3) is 5.01. The summed E-state index contributed by atoms with van der Waals surface area (Å²) in [6.07, 6.45) is -0.520. The number of benzene rings is 2. The van der Waals surface area contributed by atoms with Crippen molar-refractivity contribution in [1.29, 1.82) is 0 Å². The Kier molecular flexibility index (Phi) is 7.20. The predicted molar refractivity (Wildman–Crippen MR) is 121 cm³/mol. The molecule has 0 saturated carbocycles. The van der Waals surface area contributed by atoms with E-state index < -0.39 is 18.0 Å². The molecule has 10 heteroatoms. The zero-order valence-corrected chi connectivity index (χ0v) is 18.9. The zero-order valence-electron chi connectivity index (χ0n) is 16.6. The number of nitrogens with zero attached hydrogens (tertiary/aromatic N) is 2. The Hall–Kier alpha value is -2.61. The van der Waals surface area contributed by atoms with Crippen LogP contribution in [0.4, 0.5) is 5.69 Å². The number of anilines is 1. The molecule has 2 aromatic carbocycles. The third-order valence-electron chi connectivity index (χ3n) is 4.42. The van der Waals surface area contributed by atoms with Gasteiger partial charge in [-0.15, -0.1) is 0 Å². The highest BCUT2D eigenvalue weighted by Gasteiger charge is 2.24. The monoisotopic (exact) mass is 481 g/mol. The first-order valence-corrected chi connectivity index (χ1v) is 10.5. The van der Waals surface area contributed by atoms with E-state index in [0.29, 0.717) is 23.7 Å². The van der Waals surface area contributed by atoms with Gasteiger partial charge in [0.25, 0.3) is 11.5 Å². The fraction of sp³-hybridized carbons (Fsp3) is 0.238. The van der Waals surface area contributed by atoms with Crippen LogP contribution in [0.25, 0.3) is 10.8 Å². The van der Waals surface area contributed by atoms with E-state index in [2.05, 4.69) is 10.4 Å². The number of hydrogen-bond donors (Lipinski definition) is 1. The second kappa shape index (κ2) is 9.68. The molecule has 7 nitrogen and oxygen atoms in total. The van der Waals surface area contributed by atoms with E-state index in [-0.39, 0.29) is 32.0 Å². The van der Waals surface area contributed by atoms with Crippen LogP contribution in [0.1, 0.15) is 30.8 Å². The van der Waals surface area contributed by atoms with Crippen molar-refractivity contribution in [3.8, 4) is 0 Å². The van der Waals surface area contributed by atoms with Crippen molar-refractivity contribution in [2.45, 2.75) is 32.9 Å². The number of ether oxygens (including phenoxy) is 1. The van der Waals surface area contributed by atoms with E-state index in [0.717, 1.165) is 0 Å². The van der Waals surface area contributed by atoms with Crippen molar-refractivity contribution < 1.29 is 14.3 Å². The van der Waals surface area contributed by atoms with Crippen LogP contribution < -0.4 is 10.9 Å². The summed E-state index contributed by atoms with van der Waals surface area (Å²) in [5.41, 5.74) is -0.117. The van der Waals surface area contributed by atoms with Gasteiger partial charge in [0.15, 0.2) is 11.8 Å². The first-order valence-electron chi connectivity index (χ1n) is 9.39. The van der Waals surface area contributed by atoms with E-state index in [1.807, 2.05) is 6.92 Å². The molecule has 0 aliphatic heterocycles. The molecule has 0 bridgehead atoms. The van der Waals surface area contributed by atoms with E-state index >= 15 is 0 Å². The summed E-state index contributed by atoms with van der Waals surface area (Å²) in [5, 5.41) is 8.04. The molecule has 1 amide bonds. The molecule has 3 rings (SSSR count). The molecule has 31 heavy (non-hydrogen) atoms. The van der Waals surface area contributed by atoms with Gasteiger partial charge in [-0.1, -0.05) is 59.9 Å². The standard InChI is InChI=1S/C21H18Cl3N3O4/c1-3-8-27-20(29)13-7-5-4-6-12(13)18(26-27)21(30)31-11(2)19(28)25-17-10-15(23)14(22)9-16(17)24/h4-7,9-11H,3,8H2,1-2H3,(H,25,28). The number of carbonyl (C=O) groups is 2. The van der Waals surface area contributed by atoms with Gasteiger partial charge in [0.1, 0.15) is 0 Å². The van der Waals surface area contributed by atoms with E-state index in [4.69, 9.17) is 39.5 Å². The molecule has 1 aromatic heterocycles. The number of hydrogen-bond acceptors (Lipinski definition) is 5. The van der Waals surface area contributed by atoms with Crippen LogP contribution in [-0.4, -0.2) is 27.8 Å². The Bertz CT molecular complexity index is 1230. The van der Waals surface area contributed by atoms with Gasteiger partial charge in [0.2, 0.25) is 0 Å². The molecule has 0 fully saturated rings.